The van der Waals surface area contributed by atoms with E-state index in [1.807, 2.05) is 10.9 Å². The monoisotopic (exact) mass is 245 g/mol. The maximum atomic E-state index is 5.18. The first-order chi connectivity index (χ1) is 6.28. The molecule has 72 valence electrons. The smallest absolute Gasteiger partial charge is 0.0930 e. The first kappa shape index (κ1) is 9.18. The predicted octanol–water partition coefficient (Wildman–Crippen LogP) is 0.934. The summed E-state index contributed by atoms with van der Waals surface area (Å²) in [6, 6.07) is 0. The van der Waals surface area contributed by atoms with Crippen molar-refractivity contribution >= 4 is 15.9 Å². The van der Waals surface area contributed by atoms with Gasteiger partial charge in [0.1, 0.15) is 0 Å². The molecule has 5 heteroatoms. The standard InChI is InChI=1S/C8H12BrN3O/c1-13-8-4-11(5-8)6-12-3-7(9)2-10-12/h2-3,8H,4-6H2,1H3. The Hall–Kier alpha value is -0.390. The van der Waals surface area contributed by atoms with E-state index in [9.17, 15) is 0 Å². The van der Waals surface area contributed by atoms with Gasteiger partial charge in [-0.15, -0.1) is 0 Å². The second-order valence-corrected chi connectivity index (χ2v) is 4.15. The van der Waals surface area contributed by atoms with Crippen LogP contribution >= 0.6 is 15.9 Å². The van der Waals surface area contributed by atoms with Crippen LogP contribution in [0.1, 0.15) is 0 Å². The zero-order valence-electron chi connectivity index (χ0n) is 7.48. The third-order valence-corrected chi connectivity index (χ3v) is 2.61. The first-order valence-electron chi connectivity index (χ1n) is 4.21. The van der Waals surface area contributed by atoms with Crippen LogP contribution in [-0.4, -0.2) is 41.0 Å². The Balaban J connectivity index is 1.81. The highest BCUT2D eigenvalue weighted by Gasteiger charge is 2.26. The molecule has 0 unspecified atom stereocenters. The van der Waals surface area contributed by atoms with Crippen LogP contribution in [0.15, 0.2) is 16.9 Å². The Kier molecular flexibility index (Phi) is 2.66. The lowest BCUT2D eigenvalue weighted by Crippen LogP contribution is -2.51. The van der Waals surface area contributed by atoms with Crippen LogP contribution in [-0.2, 0) is 11.4 Å². The van der Waals surface area contributed by atoms with Gasteiger partial charge in [-0.1, -0.05) is 0 Å². The van der Waals surface area contributed by atoms with Crippen molar-refractivity contribution in [2.75, 3.05) is 20.2 Å². The molecule has 0 atom stereocenters. The minimum absolute atomic E-state index is 0.416. The molecule has 2 heterocycles. The van der Waals surface area contributed by atoms with Gasteiger partial charge in [-0.05, 0) is 15.9 Å². The number of nitrogens with zero attached hydrogens (tertiary/aromatic N) is 3. The van der Waals surface area contributed by atoms with Crippen LogP contribution in [0.25, 0.3) is 0 Å². The molecule has 4 nitrogen and oxygen atoms in total. The summed E-state index contributed by atoms with van der Waals surface area (Å²) in [5, 5.41) is 4.18. The molecule has 0 saturated carbocycles. The summed E-state index contributed by atoms with van der Waals surface area (Å²) in [5.41, 5.74) is 0. The number of likely N-dealkylation sites (tertiary alicyclic amines) is 1. The molecule has 1 aromatic heterocycles. The molecule has 13 heavy (non-hydrogen) atoms. The number of methoxy groups -OCH3 is 1. The SMILES string of the molecule is COC1CN(Cn2cc(Br)cn2)C1. The molecular weight excluding hydrogens is 234 g/mol. The van der Waals surface area contributed by atoms with Crippen molar-refractivity contribution in [3.05, 3.63) is 16.9 Å². The highest BCUT2D eigenvalue weighted by atomic mass is 79.9. The minimum atomic E-state index is 0.416. The minimum Gasteiger partial charge on any atom is -0.379 e. The van der Waals surface area contributed by atoms with Crippen LogP contribution < -0.4 is 0 Å². The molecule has 1 saturated heterocycles. The van der Waals surface area contributed by atoms with Gasteiger partial charge in [0.05, 0.1) is 23.4 Å². The van der Waals surface area contributed by atoms with Crippen molar-refractivity contribution in [1.29, 1.82) is 0 Å². The van der Waals surface area contributed by atoms with Crippen molar-refractivity contribution in [3.63, 3.8) is 0 Å². The quantitative estimate of drug-likeness (QED) is 0.794. The van der Waals surface area contributed by atoms with Crippen molar-refractivity contribution in [2.24, 2.45) is 0 Å². The maximum Gasteiger partial charge on any atom is 0.0930 e. The maximum absolute atomic E-state index is 5.18. The normalized spacial score (nSPS) is 18.9. The third-order valence-electron chi connectivity index (χ3n) is 2.20. The average molecular weight is 246 g/mol. The molecule has 1 aromatic rings. The molecule has 0 aromatic carbocycles. The van der Waals surface area contributed by atoms with Gasteiger partial charge in [0.2, 0.25) is 0 Å². The number of hydrogen-bond donors (Lipinski definition) is 0. The van der Waals surface area contributed by atoms with Gasteiger partial charge in [-0.2, -0.15) is 5.10 Å². The van der Waals surface area contributed by atoms with Crippen molar-refractivity contribution in [1.82, 2.24) is 14.7 Å². The molecule has 0 bridgehead atoms. The molecule has 2 rings (SSSR count). The van der Waals surface area contributed by atoms with E-state index >= 15 is 0 Å². The molecule has 0 spiro atoms. The first-order valence-corrected chi connectivity index (χ1v) is 5.00. The molecule has 0 N–H and O–H groups in total. The lowest BCUT2D eigenvalue weighted by molar-refractivity contribution is -0.0458. The van der Waals surface area contributed by atoms with E-state index in [-0.39, 0.29) is 0 Å². The van der Waals surface area contributed by atoms with Crippen LogP contribution in [0.5, 0.6) is 0 Å². The van der Waals surface area contributed by atoms with Crippen molar-refractivity contribution < 1.29 is 4.74 Å². The van der Waals surface area contributed by atoms with Crippen LogP contribution in [0, 0.1) is 0 Å². The number of ether oxygens (including phenoxy) is 1. The molecule has 0 amide bonds. The second-order valence-electron chi connectivity index (χ2n) is 3.23. The van der Waals surface area contributed by atoms with Crippen LogP contribution in [0.3, 0.4) is 0 Å². The Morgan fingerprint density at radius 3 is 3.00 bits per heavy atom. The van der Waals surface area contributed by atoms with Crippen molar-refractivity contribution in [3.8, 4) is 0 Å². The zero-order valence-corrected chi connectivity index (χ0v) is 9.07. The van der Waals surface area contributed by atoms with Gasteiger partial charge in [0, 0.05) is 26.4 Å². The van der Waals surface area contributed by atoms with Gasteiger partial charge in [-0.3, -0.25) is 9.58 Å². The summed E-state index contributed by atoms with van der Waals surface area (Å²) in [5.74, 6) is 0. The zero-order chi connectivity index (χ0) is 9.26. The summed E-state index contributed by atoms with van der Waals surface area (Å²) < 4.78 is 8.12. The average Bonchev–Trinajstić information content (AvgIpc) is 2.43. The van der Waals surface area contributed by atoms with E-state index in [0.29, 0.717) is 6.10 Å². The van der Waals surface area contributed by atoms with E-state index < -0.39 is 0 Å². The molecule has 1 aliphatic rings. The summed E-state index contributed by atoms with van der Waals surface area (Å²) in [7, 11) is 1.76. The van der Waals surface area contributed by atoms with E-state index in [4.69, 9.17) is 4.74 Å². The Morgan fingerprint density at radius 2 is 2.46 bits per heavy atom. The molecular formula is C8H12BrN3O. The Labute approximate surface area is 85.6 Å². The van der Waals surface area contributed by atoms with Gasteiger partial charge >= 0.3 is 0 Å². The lowest BCUT2D eigenvalue weighted by atomic mass is 10.2. The summed E-state index contributed by atoms with van der Waals surface area (Å²) >= 11 is 3.36. The summed E-state index contributed by atoms with van der Waals surface area (Å²) in [4.78, 5) is 2.29. The second kappa shape index (κ2) is 3.77. The predicted molar refractivity (Wildman–Crippen MR) is 52.3 cm³/mol. The molecule has 0 radical (unpaired) electrons. The molecule has 1 aliphatic heterocycles. The Bertz CT molecular complexity index is 283. The van der Waals surface area contributed by atoms with Crippen LogP contribution in [0.4, 0.5) is 0 Å². The Morgan fingerprint density at radius 1 is 1.69 bits per heavy atom. The van der Waals surface area contributed by atoms with Gasteiger partial charge < -0.3 is 4.74 Å². The topological polar surface area (TPSA) is 30.3 Å². The van der Waals surface area contributed by atoms with Crippen LogP contribution in [0.2, 0.25) is 0 Å². The lowest BCUT2D eigenvalue weighted by Gasteiger charge is -2.37. The number of rotatable bonds is 3. The molecule has 1 fully saturated rings. The van der Waals surface area contributed by atoms with Crippen molar-refractivity contribution in [2.45, 2.75) is 12.8 Å². The number of hydrogen-bond acceptors (Lipinski definition) is 3. The highest BCUT2D eigenvalue weighted by molar-refractivity contribution is 9.10. The van der Waals surface area contributed by atoms with E-state index in [0.717, 1.165) is 24.2 Å². The fourth-order valence-corrected chi connectivity index (χ4v) is 1.74. The largest absolute Gasteiger partial charge is 0.379 e. The molecule has 0 aliphatic carbocycles. The fraction of sp³-hybridized carbons (Fsp3) is 0.625. The summed E-state index contributed by atoms with van der Waals surface area (Å²) in [6.45, 7) is 2.87. The third kappa shape index (κ3) is 2.10. The van der Waals surface area contributed by atoms with E-state index in [2.05, 4.69) is 25.9 Å². The number of halogens is 1. The van der Waals surface area contributed by atoms with Gasteiger partial charge in [0.15, 0.2) is 0 Å². The highest BCUT2D eigenvalue weighted by Crippen LogP contribution is 2.13. The number of aromatic nitrogens is 2. The summed E-state index contributed by atoms with van der Waals surface area (Å²) in [6.07, 6.45) is 4.19. The van der Waals surface area contributed by atoms with Gasteiger partial charge in [-0.25, -0.2) is 0 Å². The fourth-order valence-electron chi connectivity index (χ4n) is 1.41. The van der Waals surface area contributed by atoms with E-state index in [1.54, 1.807) is 13.3 Å². The van der Waals surface area contributed by atoms with Gasteiger partial charge in [0.25, 0.3) is 0 Å². The van der Waals surface area contributed by atoms with E-state index in [1.165, 1.54) is 0 Å².